The largest absolute Gasteiger partial charge is 0.481 e. The number of amides is 1. The highest BCUT2D eigenvalue weighted by Crippen LogP contribution is 2.40. The average molecular weight is 607 g/mol. The van der Waals surface area contributed by atoms with Crippen LogP contribution in [0.1, 0.15) is 53.1 Å². The Labute approximate surface area is 253 Å². The maximum atomic E-state index is 13.6. The molecule has 2 saturated heterocycles. The van der Waals surface area contributed by atoms with Gasteiger partial charge in [0.25, 0.3) is 0 Å². The molecule has 1 amide bonds. The lowest BCUT2D eigenvalue weighted by Crippen LogP contribution is -2.39. The standard InChI is InChI=1S/C32H33F3N6O3/c1-17-9-21(11-23(10-17)32(33,34)35)28-20(4)41(31(42)44-28)16-26-25(15-38-30(39-26)40-7-6-8-40)24-12-22(14-37-29(24)43-5)27-18(2)13-36-19(27)3/h9-15,20,28,36H,6-8,16H2,1-5H3/t20-,28-/m0/s1. The zero-order valence-corrected chi connectivity index (χ0v) is 25.1. The summed E-state index contributed by atoms with van der Waals surface area (Å²) in [6.07, 6.45) is 0.399. The number of halogens is 3. The van der Waals surface area contributed by atoms with Crippen molar-refractivity contribution >= 4 is 12.0 Å². The maximum Gasteiger partial charge on any atom is 0.416 e. The van der Waals surface area contributed by atoms with E-state index in [0.717, 1.165) is 54.0 Å². The highest BCUT2D eigenvalue weighted by atomic mass is 19.4. The minimum atomic E-state index is -4.52. The van der Waals surface area contributed by atoms with Crippen LogP contribution in [0.25, 0.3) is 22.3 Å². The Hall–Kier alpha value is -4.61. The van der Waals surface area contributed by atoms with Gasteiger partial charge < -0.3 is 19.4 Å². The van der Waals surface area contributed by atoms with Crippen molar-refractivity contribution in [3.63, 3.8) is 0 Å². The molecule has 0 radical (unpaired) electrons. The van der Waals surface area contributed by atoms with E-state index in [-0.39, 0.29) is 6.54 Å². The summed E-state index contributed by atoms with van der Waals surface area (Å²) in [6.45, 7) is 9.06. The highest BCUT2D eigenvalue weighted by Gasteiger charge is 2.42. The van der Waals surface area contributed by atoms with E-state index in [1.807, 2.05) is 31.0 Å². The van der Waals surface area contributed by atoms with Gasteiger partial charge in [-0.1, -0.05) is 11.6 Å². The minimum Gasteiger partial charge on any atom is -0.481 e. The first-order valence-electron chi connectivity index (χ1n) is 14.4. The number of aryl methyl sites for hydroxylation is 3. The van der Waals surface area contributed by atoms with E-state index in [0.29, 0.717) is 39.8 Å². The quantitative estimate of drug-likeness (QED) is 0.248. The van der Waals surface area contributed by atoms with Crippen LogP contribution in [0.15, 0.2) is 42.9 Å². The normalized spacial score (nSPS) is 18.4. The van der Waals surface area contributed by atoms with Crippen molar-refractivity contribution in [2.75, 3.05) is 25.1 Å². The van der Waals surface area contributed by atoms with Gasteiger partial charge in [-0.05, 0) is 63.4 Å². The average Bonchev–Trinajstić information content (AvgIpc) is 3.43. The first-order chi connectivity index (χ1) is 20.9. The third-order valence-corrected chi connectivity index (χ3v) is 8.36. The number of aromatic amines is 1. The molecule has 0 saturated carbocycles. The van der Waals surface area contributed by atoms with Gasteiger partial charge in [0.15, 0.2) is 0 Å². The monoisotopic (exact) mass is 606 g/mol. The Morgan fingerprint density at radius 2 is 1.84 bits per heavy atom. The number of H-pyrrole nitrogens is 1. The van der Waals surface area contributed by atoms with Gasteiger partial charge in [0.05, 0.1) is 31.0 Å². The summed E-state index contributed by atoms with van der Waals surface area (Å²) in [6, 6.07) is 5.16. The number of nitrogens with one attached hydrogen (secondary N) is 1. The summed E-state index contributed by atoms with van der Waals surface area (Å²) in [5, 5.41) is 0. The lowest BCUT2D eigenvalue weighted by Gasteiger charge is -2.31. The molecule has 4 aromatic rings. The molecule has 12 heteroatoms. The number of carbonyl (C=O) groups is 1. The van der Waals surface area contributed by atoms with Crippen molar-refractivity contribution in [1.29, 1.82) is 0 Å². The van der Waals surface area contributed by atoms with Gasteiger partial charge in [-0.3, -0.25) is 4.90 Å². The van der Waals surface area contributed by atoms with Crippen LogP contribution in [0.5, 0.6) is 5.88 Å². The summed E-state index contributed by atoms with van der Waals surface area (Å²) >= 11 is 0. The predicted octanol–water partition coefficient (Wildman–Crippen LogP) is 6.78. The van der Waals surface area contributed by atoms with Crippen molar-refractivity contribution in [3.05, 3.63) is 76.5 Å². The Bertz CT molecular complexity index is 1710. The molecule has 2 aliphatic rings. The van der Waals surface area contributed by atoms with Crippen molar-refractivity contribution in [1.82, 2.24) is 24.8 Å². The lowest BCUT2D eigenvalue weighted by molar-refractivity contribution is -0.137. The van der Waals surface area contributed by atoms with E-state index < -0.39 is 30.0 Å². The van der Waals surface area contributed by atoms with Crippen LogP contribution < -0.4 is 9.64 Å². The third-order valence-electron chi connectivity index (χ3n) is 8.36. The fraction of sp³-hybridized carbons (Fsp3) is 0.375. The summed E-state index contributed by atoms with van der Waals surface area (Å²) in [4.78, 5) is 34.2. The maximum absolute atomic E-state index is 13.6. The van der Waals surface area contributed by atoms with Gasteiger partial charge in [0.2, 0.25) is 11.8 Å². The molecule has 0 bridgehead atoms. The van der Waals surface area contributed by atoms with E-state index in [4.69, 9.17) is 14.5 Å². The molecule has 2 aliphatic heterocycles. The summed E-state index contributed by atoms with van der Waals surface area (Å²) in [7, 11) is 1.54. The van der Waals surface area contributed by atoms with Gasteiger partial charge in [-0.15, -0.1) is 0 Å². The molecule has 1 aromatic carbocycles. The molecule has 9 nitrogen and oxygen atoms in total. The molecule has 0 spiro atoms. The summed E-state index contributed by atoms with van der Waals surface area (Å²) < 4.78 is 52.1. The number of pyridine rings is 1. The van der Waals surface area contributed by atoms with Crippen LogP contribution >= 0.6 is 0 Å². The van der Waals surface area contributed by atoms with Gasteiger partial charge >= 0.3 is 12.3 Å². The second-order valence-corrected chi connectivity index (χ2v) is 11.4. The number of hydrogen-bond donors (Lipinski definition) is 1. The number of alkyl halides is 3. The van der Waals surface area contributed by atoms with E-state index >= 15 is 0 Å². The number of benzene rings is 1. The molecule has 5 heterocycles. The molecule has 3 aromatic heterocycles. The molecule has 230 valence electrons. The minimum absolute atomic E-state index is 0.0444. The first kappa shape index (κ1) is 29.5. The first-order valence-corrected chi connectivity index (χ1v) is 14.4. The van der Waals surface area contributed by atoms with Gasteiger partial charge in [0.1, 0.15) is 6.10 Å². The Morgan fingerprint density at radius 1 is 1.07 bits per heavy atom. The lowest BCUT2D eigenvalue weighted by atomic mass is 9.97. The fourth-order valence-electron chi connectivity index (χ4n) is 5.93. The molecule has 44 heavy (non-hydrogen) atoms. The molecule has 6 rings (SSSR count). The van der Waals surface area contributed by atoms with Crippen molar-refractivity contribution < 1.29 is 27.4 Å². The smallest absolute Gasteiger partial charge is 0.416 e. The zero-order valence-electron chi connectivity index (χ0n) is 25.1. The van der Waals surface area contributed by atoms with E-state index in [1.165, 1.54) is 12.0 Å². The summed E-state index contributed by atoms with van der Waals surface area (Å²) in [5.74, 6) is 0.913. The topological polar surface area (TPSA) is 96.5 Å². The predicted molar refractivity (Wildman–Crippen MR) is 158 cm³/mol. The van der Waals surface area contributed by atoms with Crippen LogP contribution in [0, 0.1) is 20.8 Å². The van der Waals surface area contributed by atoms with Gasteiger partial charge in [-0.2, -0.15) is 13.2 Å². The number of ether oxygens (including phenoxy) is 2. The Balaban J connectivity index is 1.40. The zero-order chi connectivity index (χ0) is 31.3. The molecular formula is C32H33F3N6O3. The fourth-order valence-corrected chi connectivity index (χ4v) is 5.93. The second-order valence-electron chi connectivity index (χ2n) is 11.4. The second kappa shape index (κ2) is 11.1. The highest BCUT2D eigenvalue weighted by molar-refractivity contribution is 5.79. The Morgan fingerprint density at radius 3 is 2.48 bits per heavy atom. The number of rotatable bonds is 7. The van der Waals surface area contributed by atoms with Crippen LogP contribution in [-0.2, 0) is 17.5 Å². The van der Waals surface area contributed by atoms with Gasteiger partial charge in [-0.25, -0.2) is 19.7 Å². The number of nitrogens with zero attached hydrogens (tertiary/aromatic N) is 5. The van der Waals surface area contributed by atoms with Crippen molar-refractivity contribution in [2.45, 2.75) is 59.0 Å². The Kier molecular flexibility index (Phi) is 7.46. The number of aromatic nitrogens is 4. The molecule has 2 fully saturated rings. The number of carbonyl (C=O) groups excluding carboxylic acids is 1. The van der Waals surface area contributed by atoms with Crippen LogP contribution in [0.2, 0.25) is 0 Å². The number of anilines is 1. The molecular weight excluding hydrogens is 573 g/mol. The number of hydrogen-bond acceptors (Lipinski definition) is 7. The van der Waals surface area contributed by atoms with E-state index in [1.54, 1.807) is 32.3 Å². The van der Waals surface area contributed by atoms with Crippen molar-refractivity contribution in [3.8, 4) is 28.1 Å². The number of cyclic esters (lactones) is 1. The van der Waals surface area contributed by atoms with E-state index in [9.17, 15) is 18.0 Å². The SMILES string of the molecule is COc1ncc(-c2c(C)c[nH]c2C)cc1-c1cnc(N2CCC2)nc1CN1C(=O)O[C@H](c2cc(C)cc(C(F)(F)F)c2)[C@@H]1C. The summed E-state index contributed by atoms with van der Waals surface area (Å²) in [5.41, 5.74) is 5.74. The van der Waals surface area contributed by atoms with Crippen LogP contribution in [0.3, 0.4) is 0 Å². The molecule has 1 N–H and O–H groups in total. The van der Waals surface area contributed by atoms with Crippen molar-refractivity contribution in [2.24, 2.45) is 0 Å². The molecule has 0 unspecified atom stereocenters. The van der Waals surface area contributed by atoms with E-state index in [2.05, 4.69) is 15.0 Å². The molecule has 2 atom stereocenters. The molecule has 0 aliphatic carbocycles. The number of methoxy groups -OCH3 is 1. The van der Waals surface area contributed by atoms with Crippen LogP contribution in [0.4, 0.5) is 23.9 Å². The van der Waals surface area contributed by atoms with Gasteiger partial charge in [0, 0.05) is 59.6 Å². The van der Waals surface area contributed by atoms with Crippen LogP contribution in [-0.4, -0.2) is 57.2 Å². The third kappa shape index (κ3) is 5.33.